The third-order valence-corrected chi connectivity index (χ3v) is 2.81. The SMILES string of the molecule is NC(=S)c1cccnc1NCC1CCCO1. The molecule has 0 radical (unpaired) electrons. The summed E-state index contributed by atoms with van der Waals surface area (Å²) in [5.74, 6) is 0.741. The second-order valence-corrected chi connectivity index (χ2v) is 4.22. The number of aromatic nitrogens is 1. The molecule has 5 heteroatoms. The van der Waals surface area contributed by atoms with Crippen molar-refractivity contribution in [1.82, 2.24) is 4.98 Å². The zero-order valence-electron chi connectivity index (χ0n) is 8.98. The van der Waals surface area contributed by atoms with E-state index in [4.69, 9.17) is 22.7 Å². The molecule has 1 unspecified atom stereocenters. The molecular weight excluding hydrogens is 222 g/mol. The van der Waals surface area contributed by atoms with Crippen molar-refractivity contribution < 1.29 is 4.74 Å². The van der Waals surface area contributed by atoms with Crippen LogP contribution in [0.15, 0.2) is 18.3 Å². The molecule has 0 saturated carbocycles. The van der Waals surface area contributed by atoms with E-state index in [0.29, 0.717) is 4.99 Å². The molecule has 3 N–H and O–H groups in total. The maximum Gasteiger partial charge on any atom is 0.136 e. The molecule has 1 saturated heterocycles. The van der Waals surface area contributed by atoms with Crippen LogP contribution in [0.1, 0.15) is 18.4 Å². The van der Waals surface area contributed by atoms with E-state index in [-0.39, 0.29) is 6.10 Å². The van der Waals surface area contributed by atoms with Crippen molar-refractivity contribution in [2.24, 2.45) is 5.73 Å². The first-order valence-corrected chi connectivity index (χ1v) is 5.78. The molecule has 1 fully saturated rings. The number of anilines is 1. The molecule has 2 heterocycles. The summed E-state index contributed by atoms with van der Waals surface area (Å²) in [6, 6.07) is 3.69. The summed E-state index contributed by atoms with van der Waals surface area (Å²) >= 11 is 4.97. The number of nitrogens with zero attached hydrogens (tertiary/aromatic N) is 1. The Bertz CT molecular complexity index is 377. The van der Waals surface area contributed by atoms with Crippen LogP contribution in [0.3, 0.4) is 0 Å². The second kappa shape index (κ2) is 5.23. The fraction of sp³-hybridized carbons (Fsp3) is 0.455. The number of pyridine rings is 1. The van der Waals surface area contributed by atoms with Gasteiger partial charge in [0.25, 0.3) is 0 Å². The monoisotopic (exact) mass is 237 g/mol. The highest BCUT2D eigenvalue weighted by molar-refractivity contribution is 7.80. The Morgan fingerprint density at radius 2 is 2.56 bits per heavy atom. The van der Waals surface area contributed by atoms with Crippen molar-refractivity contribution in [3.63, 3.8) is 0 Å². The topological polar surface area (TPSA) is 60.2 Å². The van der Waals surface area contributed by atoms with Gasteiger partial charge in [-0.3, -0.25) is 0 Å². The fourth-order valence-corrected chi connectivity index (χ4v) is 1.93. The molecule has 0 aliphatic carbocycles. The smallest absolute Gasteiger partial charge is 0.136 e. The van der Waals surface area contributed by atoms with E-state index < -0.39 is 0 Å². The van der Waals surface area contributed by atoms with Gasteiger partial charge in [0.1, 0.15) is 10.8 Å². The van der Waals surface area contributed by atoms with Crippen LogP contribution >= 0.6 is 12.2 Å². The maximum atomic E-state index is 5.62. The number of nitrogens with two attached hydrogens (primary N) is 1. The van der Waals surface area contributed by atoms with E-state index >= 15 is 0 Å². The summed E-state index contributed by atoms with van der Waals surface area (Å²) < 4.78 is 5.52. The van der Waals surface area contributed by atoms with Crippen LogP contribution in [0, 0.1) is 0 Å². The Morgan fingerprint density at radius 3 is 3.25 bits per heavy atom. The van der Waals surface area contributed by atoms with Gasteiger partial charge in [-0.2, -0.15) is 0 Å². The molecule has 0 spiro atoms. The van der Waals surface area contributed by atoms with Gasteiger partial charge in [-0.15, -0.1) is 0 Å². The van der Waals surface area contributed by atoms with E-state index in [1.807, 2.05) is 12.1 Å². The van der Waals surface area contributed by atoms with Gasteiger partial charge in [-0.25, -0.2) is 4.98 Å². The number of ether oxygens (including phenoxy) is 1. The van der Waals surface area contributed by atoms with Crippen molar-refractivity contribution in [2.75, 3.05) is 18.5 Å². The largest absolute Gasteiger partial charge is 0.389 e. The van der Waals surface area contributed by atoms with Crippen LogP contribution < -0.4 is 11.1 Å². The minimum Gasteiger partial charge on any atom is -0.389 e. The third-order valence-electron chi connectivity index (χ3n) is 2.59. The number of rotatable bonds is 4. The lowest BCUT2D eigenvalue weighted by molar-refractivity contribution is 0.120. The molecule has 1 aromatic heterocycles. The molecule has 1 aromatic rings. The lowest BCUT2D eigenvalue weighted by atomic mass is 10.2. The molecule has 1 aliphatic rings. The number of hydrogen-bond acceptors (Lipinski definition) is 4. The summed E-state index contributed by atoms with van der Waals surface area (Å²) in [5.41, 5.74) is 6.41. The first kappa shape index (κ1) is 11.3. The maximum absolute atomic E-state index is 5.62. The van der Waals surface area contributed by atoms with E-state index in [1.165, 1.54) is 0 Å². The second-order valence-electron chi connectivity index (χ2n) is 3.78. The van der Waals surface area contributed by atoms with Gasteiger partial charge >= 0.3 is 0 Å². The summed E-state index contributed by atoms with van der Waals surface area (Å²) in [6.07, 6.45) is 4.24. The highest BCUT2D eigenvalue weighted by atomic mass is 32.1. The Balaban J connectivity index is 2.00. The van der Waals surface area contributed by atoms with Gasteiger partial charge in [0, 0.05) is 19.3 Å². The first-order valence-electron chi connectivity index (χ1n) is 5.37. The predicted octanol–water partition coefficient (Wildman–Crippen LogP) is 1.31. The Kier molecular flexibility index (Phi) is 3.69. The highest BCUT2D eigenvalue weighted by Gasteiger charge is 2.16. The number of thiocarbonyl (C=S) groups is 1. The molecule has 86 valence electrons. The lowest BCUT2D eigenvalue weighted by Crippen LogP contribution is -2.21. The van der Waals surface area contributed by atoms with Crippen LogP contribution in [-0.4, -0.2) is 29.2 Å². The highest BCUT2D eigenvalue weighted by Crippen LogP contribution is 2.15. The summed E-state index contributed by atoms with van der Waals surface area (Å²) in [6.45, 7) is 1.61. The van der Waals surface area contributed by atoms with Crippen LogP contribution in [0.5, 0.6) is 0 Å². The minimum absolute atomic E-state index is 0.279. The molecule has 1 aliphatic heterocycles. The number of hydrogen-bond donors (Lipinski definition) is 2. The molecule has 0 amide bonds. The molecular formula is C11H15N3OS. The van der Waals surface area contributed by atoms with E-state index in [1.54, 1.807) is 6.20 Å². The van der Waals surface area contributed by atoms with Gasteiger partial charge < -0.3 is 15.8 Å². The van der Waals surface area contributed by atoms with E-state index in [0.717, 1.165) is 37.4 Å². The van der Waals surface area contributed by atoms with Gasteiger partial charge in [-0.1, -0.05) is 12.2 Å². The average molecular weight is 237 g/mol. The quantitative estimate of drug-likeness (QED) is 0.773. The standard InChI is InChI=1S/C11H15N3OS/c12-10(16)9-4-1-5-13-11(9)14-7-8-3-2-6-15-8/h1,4-5,8H,2-3,6-7H2,(H2,12,16)(H,13,14). The van der Waals surface area contributed by atoms with Crippen molar-refractivity contribution in [3.05, 3.63) is 23.9 Å². The van der Waals surface area contributed by atoms with E-state index in [9.17, 15) is 0 Å². The number of nitrogens with one attached hydrogen (secondary N) is 1. The molecule has 0 aromatic carbocycles. The summed E-state index contributed by atoms with van der Waals surface area (Å²) in [4.78, 5) is 4.59. The van der Waals surface area contributed by atoms with Gasteiger partial charge in [0.05, 0.1) is 11.7 Å². The molecule has 16 heavy (non-hydrogen) atoms. The van der Waals surface area contributed by atoms with Crippen molar-refractivity contribution in [1.29, 1.82) is 0 Å². The Morgan fingerprint density at radius 1 is 1.69 bits per heavy atom. The first-order chi connectivity index (χ1) is 7.77. The van der Waals surface area contributed by atoms with E-state index in [2.05, 4.69) is 10.3 Å². The van der Waals surface area contributed by atoms with Crippen molar-refractivity contribution >= 4 is 23.0 Å². The Labute approximate surface area is 100 Å². The van der Waals surface area contributed by atoms with Crippen molar-refractivity contribution in [2.45, 2.75) is 18.9 Å². The minimum atomic E-state index is 0.279. The van der Waals surface area contributed by atoms with Gasteiger partial charge in [-0.05, 0) is 25.0 Å². The van der Waals surface area contributed by atoms with Crippen LogP contribution in [-0.2, 0) is 4.74 Å². The predicted molar refractivity (Wildman–Crippen MR) is 67.6 cm³/mol. The normalized spacial score (nSPS) is 19.6. The van der Waals surface area contributed by atoms with Crippen molar-refractivity contribution in [3.8, 4) is 0 Å². The Hall–Kier alpha value is -1.20. The zero-order chi connectivity index (χ0) is 11.4. The summed E-state index contributed by atoms with van der Waals surface area (Å²) in [5, 5.41) is 3.23. The third kappa shape index (κ3) is 2.68. The molecule has 1 atom stereocenters. The molecule has 0 bridgehead atoms. The fourth-order valence-electron chi connectivity index (χ4n) is 1.76. The van der Waals surface area contributed by atoms with Gasteiger partial charge in [0.2, 0.25) is 0 Å². The van der Waals surface area contributed by atoms with Gasteiger partial charge in [0.15, 0.2) is 0 Å². The van der Waals surface area contributed by atoms with Crippen LogP contribution in [0.4, 0.5) is 5.82 Å². The molecule has 4 nitrogen and oxygen atoms in total. The average Bonchev–Trinajstić information content (AvgIpc) is 2.79. The lowest BCUT2D eigenvalue weighted by Gasteiger charge is -2.13. The van der Waals surface area contributed by atoms with Crippen LogP contribution in [0.25, 0.3) is 0 Å². The molecule has 2 rings (SSSR count). The van der Waals surface area contributed by atoms with Crippen LogP contribution in [0.2, 0.25) is 0 Å². The summed E-state index contributed by atoms with van der Waals surface area (Å²) in [7, 11) is 0. The zero-order valence-corrected chi connectivity index (χ0v) is 9.80.